The van der Waals surface area contributed by atoms with E-state index in [9.17, 15) is 4.79 Å². The van der Waals surface area contributed by atoms with Crippen LogP contribution in [0.3, 0.4) is 0 Å². The van der Waals surface area contributed by atoms with Gasteiger partial charge in [0, 0.05) is 51.0 Å². The van der Waals surface area contributed by atoms with Crippen LogP contribution in [0.4, 0.5) is 0 Å². The number of rotatable bonds is 5. The largest absolute Gasteiger partial charge is 0.354 e. The molecule has 106 valence electrons. The first kappa shape index (κ1) is 14.0. The molecule has 1 aliphatic heterocycles. The van der Waals surface area contributed by atoms with Crippen LogP contribution < -0.4 is 5.32 Å². The Morgan fingerprint density at radius 3 is 2.84 bits per heavy atom. The summed E-state index contributed by atoms with van der Waals surface area (Å²) in [7, 11) is 2.12. The quantitative estimate of drug-likeness (QED) is 0.767. The van der Waals surface area contributed by atoms with Crippen molar-refractivity contribution in [1.29, 1.82) is 0 Å². The van der Waals surface area contributed by atoms with Gasteiger partial charge in [0.25, 0.3) is 0 Å². The summed E-state index contributed by atoms with van der Waals surface area (Å²) >= 11 is 0. The van der Waals surface area contributed by atoms with Gasteiger partial charge in [-0.05, 0) is 14.0 Å². The van der Waals surface area contributed by atoms with E-state index in [0.29, 0.717) is 6.54 Å². The second-order valence-corrected chi connectivity index (χ2v) is 5.13. The van der Waals surface area contributed by atoms with Gasteiger partial charge in [0.2, 0.25) is 5.91 Å². The van der Waals surface area contributed by atoms with Gasteiger partial charge in [-0.25, -0.2) is 4.98 Å². The van der Waals surface area contributed by atoms with Crippen molar-refractivity contribution in [2.24, 2.45) is 0 Å². The van der Waals surface area contributed by atoms with Crippen LogP contribution >= 0.6 is 0 Å². The van der Waals surface area contributed by atoms with Crippen molar-refractivity contribution in [1.82, 2.24) is 25.1 Å². The Morgan fingerprint density at radius 2 is 2.21 bits per heavy atom. The van der Waals surface area contributed by atoms with Crippen molar-refractivity contribution in [3.05, 3.63) is 18.2 Å². The number of aromatic amines is 1. The molecule has 2 rings (SSSR count). The monoisotopic (exact) mass is 265 g/mol. The molecule has 1 saturated heterocycles. The van der Waals surface area contributed by atoms with E-state index in [-0.39, 0.29) is 11.9 Å². The Bertz CT molecular complexity index is 384. The number of hydrogen-bond donors (Lipinski definition) is 2. The average molecular weight is 265 g/mol. The van der Waals surface area contributed by atoms with Crippen molar-refractivity contribution in [2.45, 2.75) is 19.4 Å². The molecule has 2 N–H and O–H groups in total. The van der Waals surface area contributed by atoms with E-state index in [1.54, 1.807) is 12.5 Å². The zero-order valence-electron chi connectivity index (χ0n) is 11.7. The van der Waals surface area contributed by atoms with Gasteiger partial charge in [-0.3, -0.25) is 9.69 Å². The van der Waals surface area contributed by atoms with Crippen LogP contribution in [-0.4, -0.2) is 71.5 Å². The SMILES string of the molecule is CC(C(=O)NCCc1cnc[nH]1)N1CCN(C)CC1. The van der Waals surface area contributed by atoms with Crippen molar-refractivity contribution >= 4 is 5.91 Å². The van der Waals surface area contributed by atoms with Crippen molar-refractivity contribution in [3.8, 4) is 0 Å². The highest BCUT2D eigenvalue weighted by molar-refractivity contribution is 5.81. The normalized spacial score (nSPS) is 19.3. The molecule has 1 aromatic heterocycles. The lowest BCUT2D eigenvalue weighted by atomic mass is 10.2. The van der Waals surface area contributed by atoms with Gasteiger partial charge in [-0.1, -0.05) is 0 Å². The van der Waals surface area contributed by atoms with Gasteiger partial charge in [-0.2, -0.15) is 0 Å². The van der Waals surface area contributed by atoms with E-state index >= 15 is 0 Å². The highest BCUT2D eigenvalue weighted by Crippen LogP contribution is 2.05. The van der Waals surface area contributed by atoms with Crippen LogP contribution in [0.2, 0.25) is 0 Å². The molecule has 6 heteroatoms. The fraction of sp³-hybridized carbons (Fsp3) is 0.692. The molecule has 1 aromatic rings. The standard InChI is InChI=1S/C13H23N5O/c1-11(18-7-5-17(2)6-8-18)13(19)15-4-3-12-9-14-10-16-12/h9-11H,3-8H2,1-2H3,(H,14,16)(H,15,19). The summed E-state index contributed by atoms with van der Waals surface area (Å²) in [5.74, 6) is 0.115. The second-order valence-electron chi connectivity index (χ2n) is 5.13. The van der Waals surface area contributed by atoms with Gasteiger partial charge in [0.1, 0.15) is 0 Å². The minimum atomic E-state index is -0.0459. The summed E-state index contributed by atoms with van der Waals surface area (Å²) < 4.78 is 0. The van der Waals surface area contributed by atoms with Gasteiger partial charge in [0.15, 0.2) is 0 Å². The zero-order valence-corrected chi connectivity index (χ0v) is 11.7. The van der Waals surface area contributed by atoms with Gasteiger partial charge < -0.3 is 15.2 Å². The van der Waals surface area contributed by atoms with Crippen LogP contribution in [0.15, 0.2) is 12.5 Å². The molecule has 0 radical (unpaired) electrons. The molecule has 0 bridgehead atoms. The summed E-state index contributed by atoms with van der Waals surface area (Å²) in [6, 6.07) is -0.0459. The minimum absolute atomic E-state index is 0.0459. The zero-order chi connectivity index (χ0) is 13.7. The summed E-state index contributed by atoms with van der Waals surface area (Å²) in [4.78, 5) is 23.6. The molecule has 0 saturated carbocycles. The first-order chi connectivity index (χ1) is 9.16. The maximum absolute atomic E-state index is 12.1. The van der Waals surface area contributed by atoms with Crippen LogP contribution in [0.25, 0.3) is 0 Å². The third kappa shape index (κ3) is 4.04. The maximum Gasteiger partial charge on any atom is 0.237 e. The summed E-state index contributed by atoms with van der Waals surface area (Å²) in [6.07, 6.45) is 4.24. The molecule has 2 heterocycles. The fourth-order valence-corrected chi connectivity index (χ4v) is 2.26. The molecule has 1 unspecified atom stereocenters. The summed E-state index contributed by atoms with van der Waals surface area (Å²) in [6.45, 7) is 6.63. The lowest BCUT2D eigenvalue weighted by Gasteiger charge is -2.35. The first-order valence-corrected chi connectivity index (χ1v) is 6.84. The third-order valence-electron chi connectivity index (χ3n) is 3.71. The molecule has 6 nitrogen and oxygen atoms in total. The van der Waals surface area contributed by atoms with E-state index < -0.39 is 0 Å². The van der Waals surface area contributed by atoms with Gasteiger partial charge in [0.05, 0.1) is 12.4 Å². The molecular formula is C13H23N5O. The Balaban J connectivity index is 1.70. The van der Waals surface area contributed by atoms with E-state index in [0.717, 1.165) is 38.3 Å². The third-order valence-corrected chi connectivity index (χ3v) is 3.71. The number of imidazole rings is 1. The van der Waals surface area contributed by atoms with Crippen LogP contribution in [0.5, 0.6) is 0 Å². The number of hydrogen-bond acceptors (Lipinski definition) is 4. The average Bonchev–Trinajstić information content (AvgIpc) is 2.92. The minimum Gasteiger partial charge on any atom is -0.354 e. The Kier molecular flexibility index (Phi) is 4.93. The topological polar surface area (TPSA) is 64.3 Å². The highest BCUT2D eigenvalue weighted by atomic mass is 16.2. The number of nitrogens with one attached hydrogen (secondary N) is 2. The number of aromatic nitrogens is 2. The second kappa shape index (κ2) is 6.68. The van der Waals surface area contributed by atoms with E-state index in [4.69, 9.17) is 0 Å². The molecule has 1 atom stereocenters. The Labute approximate surface area is 114 Å². The number of H-pyrrole nitrogens is 1. The predicted molar refractivity (Wildman–Crippen MR) is 73.8 cm³/mol. The highest BCUT2D eigenvalue weighted by Gasteiger charge is 2.23. The number of piperazine rings is 1. The Morgan fingerprint density at radius 1 is 1.47 bits per heavy atom. The number of carbonyl (C=O) groups is 1. The molecule has 19 heavy (non-hydrogen) atoms. The number of amides is 1. The molecule has 1 aliphatic rings. The van der Waals surface area contributed by atoms with Crippen LogP contribution in [-0.2, 0) is 11.2 Å². The van der Waals surface area contributed by atoms with E-state index in [2.05, 4.69) is 32.1 Å². The first-order valence-electron chi connectivity index (χ1n) is 6.84. The van der Waals surface area contributed by atoms with Gasteiger partial charge in [-0.15, -0.1) is 0 Å². The van der Waals surface area contributed by atoms with E-state index in [1.807, 2.05) is 6.92 Å². The number of likely N-dealkylation sites (N-methyl/N-ethyl adjacent to an activating group) is 1. The maximum atomic E-state index is 12.1. The fourth-order valence-electron chi connectivity index (χ4n) is 2.26. The molecule has 1 fully saturated rings. The molecule has 0 aromatic carbocycles. The molecule has 0 aliphatic carbocycles. The molecular weight excluding hydrogens is 242 g/mol. The van der Waals surface area contributed by atoms with Crippen LogP contribution in [0.1, 0.15) is 12.6 Å². The number of carbonyl (C=O) groups excluding carboxylic acids is 1. The lowest BCUT2D eigenvalue weighted by molar-refractivity contribution is -0.126. The molecule has 0 spiro atoms. The van der Waals surface area contributed by atoms with Crippen molar-refractivity contribution in [2.75, 3.05) is 39.8 Å². The van der Waals surface area contributed by atoms with Crippen molar-refractivity contribution < 1.29 is 4.79 Å². The summed E-state index contributed by atoms with van der Waals surface area (Å²) in [5.41, 5.74) is 1.05. The predicted octanol–water partition coefficient (Wildman–Crippen LogP) is -0.296. The Hall–Kier alpha value is -1.40. The van der Waals surface area contributed by atoms with Crippen LogP contribution in [0, 0.1) is 0 Å². The molecule has 1 amide bonds. The summed E-state index contributed by atoms with van der Waals surface area (Å²) in [5, 5.41) is 2.99. The van der Waals surface area contributed by atoms with Crippen molar-refractivity contribution in [3.63, 3.8) is 0 Å². The number of nitrogens with zero attached hydrogens (tertiary/aromatic N) is 3. The van der Waals surface area contributed by atoms with Gasteiger partial charge >= 0.3 is 0 Å². The van der Waals surface area contributed by atoms with E-state index in [1.165, 1.54) is 0 Å². The lowest BCUT2D eigenvalue weighted by Crippen LogP contribution is -2.53. The smallest absolute Gasteiger partial charge is 0.237 e.